The van der Waals surface area contributed by atoms with Crippen LogP contribution < -0.4 is 10.5 Å². The van der Waals surface area contributed by atoms with Gasteiger partial charge in [-0.15, -0.1) is 0 Å². The van der Waals surface area contributed by atoms with Crippen molar-refractivity contribution in [2.45, 2.75) is 55.5 Å². The first-order chi connectivity index (χ1) is 9.08. The van der Waals surface area contributed by atoms with Gasteiger partial charge in [0.2, 0.25) is 0 Å². The topological polar surface area (TPSA) is 101 Å². The monoisotopic (exact) mass is 286 g/mol. The number of nitrogens with zero attached hydrogens (tertiary/aromatic N) is 1. The molecule has 1 aliphatic rings. The molecule has 7 heteroatoms. The number of H-pyrrole nitrogens is 1. The molecular formula is C12H22N4O2S. The molecule has 1 fully saturated rings. The van der Waals surface area contributed by atoms with E-state index in [9.17, 15) is 8.42 Å². The highest BCUT2D eigenvalue weighted by atomic mass is 32.2. The van der Waals surface area contributed by atoms with Crippen molar-refractivity contribution in [3.05, 3.63) is 12.3 Å². The summed E-state index contributed by atoms with van der Waals surface area (Å²) in [5.41, 5.74) is 5.36. The number of nitrogens with one attached hydrogen (secondary N) is 2. The Kier molecular flexibility index (Phi) is 4.59. The number of rotatable bonds is 4. The van der Waals surface area contributed by atoms with Gasteiger partial charge in [-0.1, -0.05) is 32.1 Å². The van der Waals surface area contributed by atoms with E-state index in [0.29, 0.717) is 6.54 Å². The molecule has 4 N–H and O–H groups in total. The molecule has 1 aromatic rings. The van der Waals surface area contributed by atoms with Crippen molar-refractivity contribution in [2.75, 3.05) is 6.54 Å². The first kappa shape index (κ1) is 14.5. The molecule has 0 amide bonds. The van der Waals surface area contributed by atoms with E-state index in [2.05, 4.69) is 14.9 Å². The third-order valence-corrected chi connectivity index (χ3v) is 5.33. The molecule has 19 heavy (non-hydrogen) atoms. The molecule has 2 rings (SSSR count). The predicted molar refractivity (Wildman–Crippen MR) is 73.0 cm³/mol. The van der Waals surface area contributed by atoms with E-state index in [0.717, 1.165) is 38.5 Å². The first-order valence-electron chi connectivity index (χ1n) is 6.81. The second-order valence-corrected chi connectivity index (χ2v) is 6.93. The predicted octanol–water partition coefficient (Wildman–Crippen LogP) is 1.13. The van der Waals surface area contributed by atoms with Crippen molar-refractivity contribution in [2.24, 2.45) is 5.73 Å². The molecule has 1 heterocycles. The van der Waals surface area contributed by atoms with Gasteiger partial charge in [-0.3, -0.25) is 5.10 Å². The van der Waals surface area contributed by atoms with Crippen molar-refractivity contribution >= 4 is 10.0 Å². The Hall–Kier alpha value is -0.920. The number of aromatic amines is 1. The van der Waals surface area contributed by atoms with Crippen LogP contribution in [0.1, 0.15) is 44.9 Å². The standard InChI is InChI=1S/C12H22N4O2S/c13-10-12(7-4-2-1-3-5-8-12)16-19(17,18)11-6-9-14-15-11/h6,9,16H,1-5,7-8,10,13H2,(H,14,15). The van der Waals surface area contributed by atoms with Gasteiger partial charge in [0.15, 0.2) is 5.03 Å². The fraction of sp³-hybridized carbons (Fsp3) is 0.750. The SMILES string of the molecule is NCC1(NS(=O)(=O)c2ccn[nH]2)CCCCCCC1. The number of aromatic nitrogens is 2. The summed E-state index contributed by atoms with van der Waals surface area (Å²) in [5.74, 6) is 0. The van der Waals surface area contributed by atoms with Gasteiger partial charge < -0.3 is 5.73 Å². The zero-order valence-electron chi connectivity index (χ0n) is 11.1. The van der Waals surface area contributed by atoms with Crippen LogP contribution in [0.15, 0.2) is 17.3 Å². The lowest BCUT2D eigenvalue weighted by molar-refractivity contribution is 0.295. The summed E-state index contributed by atoms with van der Waals surface area (Å²) < 4.78 is 27.4. The quantitative estimate of drug-likeness (QED) is 0.772. The van der Waals surface area contributed by atoms with Crippen molar-refractivity contribution < 1.29 is 8.42 Å². The summed E-state index contributed by atoms with van der Waals surface area (Å²) in [4.78, 5) is 0. The summed E-state index contributed by atoms with van der Waals surface area (Å²) in [6, 6.07) is 1.45. The number of nitrogens with two attached hydrogens (primary N) is 1. The van der Waals surface area contributed by atoms with E-state index >= 15 is 0 Å². The Morgan fingerprint density at radius 2 is 1.89 bits per heavy atom. The van der Waals surface area contributed by atoms with Gasteiger partial charge in [0.1, 0.15) is 0 Å². The molecule has 0 unspecified atom stereocenters. The molecule has 0 aromatic carbocycles. The fourth-order valence-electron chi connectivity index (χ4n) is 2.66. The van der Waals surface area contributed by atoms with Crippen LogP contribution in [-0.2, 0) is 10.0 Å². The van der Waals surface area contributed by atoms with Crippen molar-refractivity contribution in [1.29, 1.82) is 0 Å². The van der Waals surface area contributed by atoms with E-state index in [1.165, 1.54) is 18.7 Å². The lowest BCUT2D eigenvalue weighted by Gasteiger charge is -2.34. The maximum Gasteiger partial charge on any atom is 0.258 e. The molecule has 1 aromatic heterocycles. The Bertz CT molecular complexity index is 476. The summed E-state index contributed by atoms with van der Waals surface area (Å²) in [5, 5.41) is 6.28. The Balaban J connectivity index is 2.17. The van der Waals surface area contributed by atoms with Gasteiger partial charge in [0.25, 0.3) is 10.0 Å². The second-order valence-electron chi connectivity index (χ2n) is 5.28. The van der Waals surface area contributed by atoms with Crippen LogP contribution in [0.25, 0.3) is 0 Å². The minimum absolute atomic E-state index is 0.0994. The number of hydrogen-bond acceptors (Lipinski definition) is 4. The lowest BCUT2D eigenvalue weighted by atomic mass is 9.85. The van der Waals surface area contributed by atoms with E-state index in [-0.39, 0.29) is 5.03 Å². The molecule has 0 atom stereocenters. The van der Waals surface area contributed by atoms with Crippen LogP contribution in [0.4, 0.5) is 0 Å². The highest BCUT2D eigenvalue weighted by molar-refractivity contribution is 7.89. The molecule has 0 saturated heterocycles. The lowest BCUT2D eigenvalue weighted by Crippen LogP contribution is -2.53. The van der Waals surface area contributed by atoms with E-state index in [1.807, 2.05) is 0 Å². The summed E-state index contributed by atoms with van der Waals surface area (Å²) >= 11 is 0. The first-order valence-corrected chi connectivity index (χ1v) is 8.30. The van der Waals surface area contributed by atoms with Gasteiger partial charge in [0, 0.05) is 12.1 Å². The third-order valence-electron chi connectivity index (χ3n) is 3.82. The third kappa shape index (κ3) is 3.55. The maximum absolute atomic E-state index is 12.3. The Morgan fingerprint density at radius 3 is 2.42 bits per heavy atom. The highest BCUT2D eigenvalue weighted by Crippen LogP contribution is 2.27. The van der Waals surface area contributed by atoms with Crippen LogP contribution in [0.5, 0.6) is 0 Å². The van der Waals surface area contributed by atoms with Crippen molar-refractivity contribution in [3.8, 4) is 0 Å². The van der Waals surface area contributed by atoms with Crippen LogP contribution in [0.3, 0.4) is 0 Å². The molecule has 0 aliphatic heterocycles. The molecule has 1 aliphatic carbocycles. The minimum Gasteiger partial charge on any atom is -0.329 e. The van der Waals surface area contributed by atoms with Crippen LogP contribution in [0.2, 0.25) is 0 Å². The zero-order valence-corrected chi connectivity index (χ0v) is 11.9. The van der Waals surface area contributed by atoms with E-state index in [1.54, 1.807) is 0 Å². The summed E-state index contributed by atoms with van der Waals surface area (Å²) in [6.45, 7) is 0.334. The Labute approximate surface area is 114 Å². The van der Waals surface area contributed by atoms with Gasteiger partial charge in [0.05, 0.1) is 6.20 Å². The second kappa shape index (κ2) is 6.02. The van der Waals surface area contributed by atoms with Gasteiger partial charge in [-0.25, -0.2) is 13.1 Å². The smallest absolute Gasteiger partial charge is 0.258 e. The van der Waals surface area contributed by atoms with Crippen molar-refractivity contribution in [1.82, 2.24) is 14.9 Å². The van der Waals surface area contributed by atoms with E-state index in [4.69, 9.17) is 5.73 Å². The molecule has 1 saturated carbocycles. The van der Waals surface area contributed by atoms with E-state index < -0.39 is 15.6 Å². The molecule has 108 valence electrons. The number of sulfonamides is 1. The van der Waals surface area contributed by atoms with Crippen LogP contribution >= 0.6 is 0 Å². The van der Waals surface area contributed by atoms with Crippen LogP contribution in [0, 0.1) is 0 Å². The average molecular weight is 286 g/mol. The average Bonchev–Trinajstić information content (AvgIpc) is 2.87. The molecule has 0 bridgehead atoms. The zero-order chi connectivity index (χ0) is 13.8. The Morgan fingerprint density at radius 1 is 1.26 bits per heavy atom. The molecule has 0 radical (unpaired) electrons. The molecular weight excluding hydrogens is 264 g/mol. The number of hydrogen-bond donors (Lipinski definition) is 3. The van der Waals surface area contributed by atoms with Gasteiger partial charge in [-0.05, 0) is 18.9 Å². The van der Waals surface area contributed by atoms with Gasteiger partial charge >= 0.3 is 0 Å². The maximum atomic E-state index is 12.3. The van der Waals surface area contributed by atoms with Gasteiger partial charge in [-0.2, -0.15) is 5.10 Å². The van der Waals surface area contributed by atoms with Crippen LogP contribution in [-0.4, -0.2) is 30.7 Å². The normalized spacial score (nSPS) is 20.7. The molecule has 0 spiro atoms. The largest absolute Gasteiger partial charge is 0.329 e. The van der Waals surface area contributed by atoms with Crippen molar-refractivity contribution in [3.63, 3.8) is 0 Å². The summed E-state index contributed by atoms with van der Waals surface area (Å²) in [7, 11) is -3.56. The fourth-order valence-corrected chi connectivity index (χ4v) is 4.04. The summed E-state index contributed by atoms with van der Waals surface area (Å²) in [6.07, 6.45) is 8.59. The molecule has 6 nitrogen and oxygen atoms in total. The highest BCUT2D eigenvalue weighted by Gasteiger charge is 2.34. The minimum atomic E-state index is -3.56.